The monoisotopic (exact) mass is 173 g/mol. The van der Waals surface area contributed by atoms with E-state index in [0.29, 0.717) is 6.61 Å². The zero-order chi connectivity index (χ0) is 9.03. The largest absolute Gasteiger partial charge is 0.353 e. The number of hydrogen-bond acceptors (Lipinski definition) is 3. The molecule has 1 rings (SSSR count). The van der Waals surface area contributed by atoms with Gasteiger partial charge in [0.15, 0.2) is 0 Å². The van der Waals surface area contributed by atoms with Gasteiger partial charge in [-0.25, -0.2) is 0 Å². The van der Waals surface area contributed by atoms with Gasteiger partial charge in [-0.2, -0.15) is 0 Å². The minimum Gasteiger partial charge on any atom is -0.353 e. The zero-order valence-electron chi connectivity index (χ0n) is 8.05. The van der Waals surface area contributed by atoms with Crippen LogP contribution in [0, 0.1) is 0 Å². The summed E-state index contributed by atoms with van der Waals surface area (Å²) in [6.45, 7) is 6.09. The van der Waals surface area contributed by atoms with Gasteiger partial charge in [-0.05, 0) is 19.8 Å². The van der Waals surface area contributed by atoms with Crippen molar-refractivity contribution in [3.8, 4) is 0 Å². The molecular formula is C9H19NO2. The molecule has 0 aromatic heterocycles. The van der Waals surface area contributed by atoms with E-state index < -0.39 is 5.91 Å². The van der Waals surface area contributed by atoms with Crippen LogP contribution >= 0.6 is 0 Å². The molecule has 12 heavy (non-hydrogen) atoms. The third-order valence-electron chi connectivity index (χ3n) is 2.36. The molecule has 1 heterocycles. The van der Waals surface area contributed by atoms with Crippen molar-refractivity contribution in [1.82, 2.24) is 4.90 Å². The summed E-state index contributed by atoms with van der Waals surface area (Å²) in [5, 5.41) is 9.84. The fraction of sp³-hybridized carbons (Fsp3) is 1.00. The molecule has 0 bridgehead atoms. The van der Waals surface area contributed by atoms with Crippen LogP contribution in [0.1, 0.15) is 33.1 Å². The van der Waals surface area contributed by atoms with Gasteiger partial charge in [0.05, 0.1) is 0 Å². The van der Waals surface area contributed by atoms with E-state index in [1.807, 2.05) is 11.8 Å². The van der Waals surface area contributed by atoms with Crippen LogP contribution in [-0.2, 0) is 4.74 Å². The second-order valence-electron chi connectivity index (χ2n) is 3.41. The quantitative estimate of drug-likeness (QED) is 0.650. The van der Waals surface area contributed by atoms with Crippen LogP contribution in [0.3, 0.4) is 0 Å². The highest BCUT2D eigenvalue weighted by molar-refractivity contribution is 4.70. The molecule has 1 saturated heterocycles. The molecule has 3 heteroatoms. The molecular weight excluding hydrogens is 154 g/mol. The van der Waals surface area contributed by atoms with E-state index >= 15 is 0 Å². The summed E-state index contributed by atoms with van der Waals surface area (Å²) in [5.41, 5.74) is 0. The second-order valence-corrected chi connectivity index (χ2v) is 3.41. The SMILES string of the molecule is CCOC(C)(O)N1CCCCC1. The summed E-state index contributed by atoms with van der Waals surface area (Å²) in [4.78, 5) is 2.00. The molecule has 72 valence electrons. The first kappa shape index (κ1) is 9.96. The van der Waals surface area contributed by atoms with E-state index in [9.17, 15) is 5.11 Å². The van der Waals surface area contributed by atoms with Crippen LogP contribution in [-0.4, -0.2) is 35.6 Å². The van der Waals surface area contributed by atoms with Gasteiger partial charge >= 0.3 is 0 Å². The predicted octanol–water partition coefficient (Wildman–Crippen LogP) is 1.17. The lowest BCUT2D eigenvalue weighted by Crippen LogP contribution is -2.50. The topological polar surface area (TPSA) is 32.7 Å². The molecule has 1 fully saturated rings. The molecule has 1 unspecified atom stereocenters. The van der Waals surface area contributed by atoms with Crippen molar-refractivity contribution >= 4 is 0 Å². The maximum atomic E-state index is 9.84. The Morgan fingerprint density at radius 3 is 2.42 bits per heavy atom. The normalized spacial score (nSPS) is 25.2. The van der Waals surface area contributed by atoms with Crippen molar-refractivity contribution in [2.24, 2.45) is 0 Å². The predicted molar refractivity (Wildman–Crippen MR) is 47.7 cm³/mol. The van der Waals surface area contributed by atoms with Crippen LogP contribution in [0.2, 0.25) is 0 Å². The number of likely N-dealkylation sites (tertiary alicyclic amines) is 1. The van der Waals surface area contributed by atoms with Gasteiger partial charge in [0.2, 0.25) is 5.91 Å². The third-order valence-corrected chi connectivity index (χ3v) is 2.36. The lowest BCUT2D eigenvalue weighted by atomic mass is 10.1. The van der Waals surface area contributed by atoms with Crippen molar-refractivity contribution in [1.29, 1.82) is 0 Å². The second kappa shape index (κ2) is 4.21. The highest BCUT2D eigenvalue weighted by Gasteiger charge is 2.30. The van der Waals surface area contributed by atoms with E-state index in [-0.39, 0.29) is 0 Å². The molecule has 1 atom stereocenters. The Bertz CT molecular complexity index is 130. The molecule has 0 aromatic carbocycles. The van der Waals surface area contributed by atoms with Crippen LogP contribution in [0.15, 0.2) is 0 Å². The molecule has 0 aliphatic carbocycles. The number of nitrogens with zero attached hydrogens (tertiary/aromatic N) is 1. The van der Waals surface area contributed by atoms with E-state index in [2.05, 4.69) is 0 Å². The fourth-order valence-electron chi connectivity index (χ4n) is 1.67. The van der Waals surface area contributed by atoms with Crippen LogP contribution < -0.4 is 0 Å². The van der Waals surface area contributed by atoms with Gasteiger partial charge in [-0.3, -0.25) is 4.90 Å². The molecule has 0 saturated carbocycles. The molecule has 3 nitrogen and oxygen atoms in total. The maximum absolute atomic E-state index is 9.84. The summed E-state index contributed by atoms with van der Waals surface area (Å²) < 4.78 is 5.25. The maximum Gasteiger partial charge on any atom is 0.224 e. The van der Waals surface area contributed by atoms with Crippen molar-refractivity contribution in [3.05, 3.63) is 0 Å². The summed E-state index contributed by atoms with van der Waals surface area (Å²) in [6.07, 6.45) is 3.62. The number of aliphatic hydroxyl groups is 1. The van der Waals surface area contributed by atoms with Crippen molar-refractivity contribution in [3.63, 3.8) is 0 Å². The minimum atomic E-state index is -1.05. The van der Waals surface area contributed by atoms with Gasteiger partial charge in [0, 0.05) is 26.6 Å². The Balaban J connectivity index is 2.41. The third kappa shape index (κ3) is 2.44. The highest BCUT2D eigenvalue weighted by atomic mass is 16.6. The molecule has 1 aliphatic heterocycles. The highest BCUT2D eigenvalue weighted by Crippen LogP contribution is 2.19. The van der Waals surface area contributed by atoms with Crippen molar-refractivity contribution in [2.75, 3.05) is 19.7 Å². The molecule has 0 amide bonds. The summed E-state index contributed by atoms with van der Waals surface area (Å²) in [7, 11) is 0. The van der Waals surface area contributed by atoms with E-state index in [4.69, 9.17) is 4.74 Å². The lowest BCUT2D eigenvalue weighted by Gasteiger charge is -2.38. The number of hydrogen-bond donors (Lipinski definition) is 1. The van der Waals surface area contributed by atoms with Gasteiger partial charge in [0.1, 0.15) is 0 Å². The number of rotatable bonds is 3. The Labute approximate surface area is 74.3 Å². The van der Waals surface area contributed by atoms with E-state index in [1.165, 1.54) is 19.3 Å². The molecule has 0 aromatic rings. The standard InChI is InChI=1S/C9H19NO2/c1-3-12-9(2,11)10-7-5-4-6-8-10/h11H,3-8H2,1-2H3. The molecule has 1 N–H and O–H groups in total. The molecule has 0 radical (unpaired) electrons. The van der Waals surface area contributed by atoms with E-state index in [0.717, 1.165) is 13.1 Å². The number of ether oxygens (including phenoxy) is 1. The smallest absolute Gasteiger partial charge is 0.224 e. The first-order valence-corrected chi connectivity index (χ1v) is 4.78. The molecule has 0 spiro atoms. The summed E-state index contributed by atoms with van der Waals surface area (Å²) in [5.74, 6) is -1.05. The average Bonchev–Trinajstić information content (AvgIpc) is 2.06. The first-order valence-electron chi connectivity index (χ1n) is 4.78. The Morgan fingerprint density at radius 2 is 1.92 bits per heavy atom. The van der Waals surface area contributed by atoms with Gasteiger partial charge < -0.3 is 9.84 Å². The summed E-state index contributed by atoms with van der Waals surface area (Å²) >= 11 is 0. The van der Waals surface area contributed by atoms with Crippen molar-refractivity contribution in [2.45, 2.75) is 39.0 Å². The Hall–Kier alpha value is -0.120. The van der Waals surface area contributed by atoms with Gasteiger partial charge in [-0.15, -0.1) is 0 Å². The van der Waals surface area contributed by atoms with E-state index in [1.54, 1.807) is 6.92 Å². The Kier molecular flexibility index (Phi) is 3.50. The minimum absolute atomic E-state index is 0.559. The molecule has 1 aliphatic rings. The Morgan fingerprint density at radius 1 is 1.33 bits per heavy atom. The average molecular weight is 173 g/mol. The fourth-order valence-corrected chi connectivity index (χ4v) is 1.67. The zero-order valence-corrected chi connectivity index (χ0v) is 8.05. The van der Waals surface area contributed by atoms with Crippen LogP contribution in [0.5, 0.6) is 0 Å². The van der Waals surface area contributed by atoms with Crippen LogP contribution in [0.4, 0.5) is 0 Å². The van der Waals surface area contributed by atoms with Crippen molar-refractivity contribution < 1.29 is 9.84 Å². The first-order chi connectivity index (χ1) is 5.67. The lowest BCUT2D eigenvalue weighted by molar-refractivity contribution is -0.282. The number of piperidine rings is 1. The summed E-state index contributed by atoms with van der Waals surface area (Å²) in [6, 6.07) is 0. The van der Waals surface area contributed by atoms with Gasteiger partial charge in [-0.1, -0.05) is 6.42 Å². The van der Waals surface area contributed by atoms with Crippen LogP contribution in [0.25, 0.3) is 0 Å². The van der Waals surface area contributed by atoms with Gasteiger partial charge in [0.25, 0.3) is 0 Å².